The molecule has 2 N–H and O–H groups in total. The topological polar surface area (TPSA) is 78.0 Å². The van der Waals surface area contributed by atoms with Crippen LogP contribution in [0.2, 0.25) is 0 Å². The van der Waals surface area contributed by atoms with Gasteiger partial charge in [-0.15, -0.1) is 0 Å². The monoisotopic (exact) mass is 243 g/mol. The van der Waals surface area contributed by atoms with Crippen LogP contribution in [-0.2, 0) is 16.4 Å². The predicted octanol–water partition coefficient (Wildman–Crippen LogP) is 0.135. The zero-order valence-corrected chi connectivity index (χ0v) is 8.22. The van der Waals surface area contributed by atoms with Crippen molar-refractivity contribution in [3.63, 3.8) is 0 Å². The second-order valence-electron chi connectivity index (χ2n) is 2.68. The molecule has 0 aliphatic rings. The van der Waals surface area contributed by atoms with Crippen molar-refractivity contribution in [2.24, 2.45) is 5.73 Å². The summed E-state index contributed by atoms with van der Waals surface area (Å²) in [6.07, 6.45) is 1.45. The third-order valence-electron chi connectivity index (χ3n) is 1.58. The minimum atomic E-state index is -5.30. The van der Waals surface area contributed by atoms with Gasteiger partial charge in [-0.1, -0.05) is 0 Å². The zero-order valence-electron chi connectivity index (χ0n) is 7.40. The summed E-state index contributed by atoms with van der Waals surface area (Å²) in [5, 5.41) is 3.44. The first-order valence-corrected chi connectivity index (χ1v) is 5.31. The number of halogens is 3. The second-order valence-corrected chi connectivity index (χ2v) is 4.62. The summed E-state index contributed by atoms with van der Waals surface area (Å²) in [5.41, 5.74) is -0.170. The number of nitrogens with zero attached hydrogens (tertiary/aromatic N) is 2. The maximum Gasteiger partial charge on any atom is 0.502 e. The van der Waals surface area contributed by atoms with Crippen LogP contribution in [0.25, 0.3) is 0 Å². The molecule has 0 amide bonds. The summed E-state index contributed by atoms with van der Waals surface area (Å²) >= 11 is 0. The Morgan fingerprint density at radius 2 is 2.07 bits per heavy atom. The van der Waals surface area contributed by atoms with E-state index in [1.54, 1.807) is 0 Å². The minimum Gasteiger partial charge on any atom is -0.329 e. The van der Waals surface area contributed by atoms with E-state index in [9.17, 15) is 21.6 Å². The van der Waals surface area contributed by atoms with E-state index in [4.69, 9.17) is 5.73 Å². The van der Waals surface area contributed by atoms with E-state index in [-0.39, 0.29) is 13.1 Å². The molecule has 0 aromatic carbocycles. The van der Waals surface area contributed by atoms with Gasteiger partial charge < -0.3 is 5.73 Å². The van der Waals surface area contributed by atoms with Gasteiger partial charge in [0, 0.05) is 12.7 Å². The van der Waals surface area contributed by atoms with Crippen molar-refractivity contribution < 1.29 is 21.6 Å². The van der Waals surface area contributed by atoms with Gasteiger partial charge in [0.1, 0.15) is 4.90 Å². The van der Waals surface area contributed by atoms with Crippen LogP contribution in [0, 0.1) is 0 Å². The molecule has 0 spiro atoms. The second kappa shape index (κ2) is 3.81. The zero-order chi connectivity index (χ0) is 11.7. The summed E-state index contributed by atoms with van der Waals surface area (Å²) in [7, 11) is -5.30. The maximum absolute atomic E-state index is 12.1. The van der Waals surface area contributed by atoms with Crippen LogP contribution in [0.15, 0.2) is 17.3 Å². The maximum atomic E-state index is 12.1. The van der Waals surface area contributed by atoms with Crippen LogP contribution in [0.3, 0.4) is 0 Å². The molecule has 15 heavy (non-hydrogen) atoms. The summed E-state index contributed by atoms with van der Waals surface area (Å²) in [6.45, 7) is 0.320. The number of rotatable bonds is 3. The number of hydrogen-bond acceptors (Lipinski definition) is 4. The van der Waals surface area contributed by atoms with Gasteiger partial charge in [0.05, 0.1) is 12.7 Å². The van der Waals surface area contributed by atoms with Gasteiger partial charge in [-0.2, -0.15) is 18.3 Å². The van der Waals surface area contributed by atoms with Crippen LogP contribution in [0.1, 0.15) is 0 Å². The highest BCUT2D eigenvalue weighted by Crippen LogP contribution is 2.29. The fourth-order valence-corrected chi connectivity index (χ4v) is 1.59. The van der Waals surface area contributed by atoms with Crippen LogP contribution >= 0.6 is 0 Å². The number of alkyl halides is 3. The summed E-state index contributed by atoms with van der Waals surface area (Å²) in [5.74, 6) is 0. The van der Waals surface area contributed by atoms with Crippen molar-refractivity contribution in [2.45, 2.75) is 16.9 Å². The van der Waals surface area contributed by atoms with Crippen molar-refractivity contribution in [3.8, 4) is 0 Å². The van der Waals surface area contributed by atoms with Gasteiger partial charge in [-0.3, -0.25) is 4.68 Å². The van der Waals surface area contributed by atoms with Gasteiger partial charge in [0.25, 0.3) is 9.84 Å². The first kappa shape index (κ1) is 12.0. The highest BCUT2D eigenvalue weighted by atomic mass is 32.2. The number of hydrogen-bond donors (Lipinski definition) is 1. The summed E-state index contributed by atoms with van der Waals surface area (Å²) in [4.78, 5) is -0.872. The third-order valence-corrected chi connectivity index (χ3v) is 3.02. The lowest BCUT2D eigenvalue weighted by Gasteiger charge is -2.04. The molecule has 9 heteroatoms. The molecule has 5 nitrogen and oxygen atoms in total. The molecular formula is C6H8F3N3O2S. The molecule has 0 unspecified atom stereocenters. The smallest absolute Gasteiger partial charge is 0.329 e. The Bertz CT molecular complexity index is 437. The van der Waals surface area contributed by atoms with Gasteiger partial charge >= 0.3 is 5.51 Å². The van der Waals surface area contributed by atoms with Gasteiger partial charge in [0.15, 0.2) is 0 Å². The molecule has 86 valence electrons. The van der Waals surface area contributed by atoms with E-state index in [2.05, 4.69) is 5.10 Å². The van der Waals surface area contributed by atoms with E-state index in [1.165, 1.54) is 0 Å². The number of sulfone groups is 1. The molecule has 1 rings (SSSR count). The third kappa shape index (κ3) is 2.29. The first-order valence-electron chi connectivity index (χ1n) is 3.83. The molecule has 0 aliphatic heterocycles. The Balaban J connectivity index is 3.07. The van der Waals surface area contributed by atoms with Crippen LogP contribution in [0.4, 0.5) is 13.2 Å². The molecule has 1 aromatic heterocycles. The highest BCUT2D eigenvalue weighted by molar-refractivity contribution is 7.92. The van der Waals surface area contributed by atoms with Crippen molar-refractivity contribution in [1.82, 2.24) is 9.78 Å². The highest BCUT2D eigenvalue weighted by Gasteiger charge is 2.47. The molecule has 0 atom stereocenters. The number of nitrogens with two attached hydrogens (primary N) is 1. The molecule has 1 aromatic rings. The molecule has 0 bridgehead atoms. The normalized spacial score (nSPS) is 13.1. The van der Waals surface area contributed by atoms with E-state index in [0.717, 1.165) is 10.9 Å². The van der Waals surface area contributed by atoms with Crippen LogP contribution in [-0.4, -0.2) is 30.3 Å². The molecule has 0 aliphatic carbocycles. The van der Waals surface area contributed by atoms with Crippen molar-refractivity contribution in [2.75, 3.05) is 6.54 Å². The summed E-state index contributed by atoms with van der Waals surface area (Å²) in [6, 6.07) is 0. The Kier molecular flexibility index (Phi) is 3.05. The molecular weight excluding hydrogens is 235 g/mol. The van der Waals surface area contributed by atoms with E-state index < -0.39 is 20.2 Å². The van der Waals surface area contributed by atoms with Crippen molar-refractivity contribution in [1.29, 1.82) is 0 Å². The quantitative estimate of drug-likeness (QED) is 0.818. The first-order chi connectivity index (χ1) is 6.79. The predicted molar refractivity (Wildman–Crippen MR) is 44.5 cm³/mol. The Morgan fingerprint density at radius 1 is 1.47 bits per heavy atom. The number of aromatic nitrogens is 2. The average molecular weight is 243 g/mol. The lowest BCUT2D eigenvalue weighted by Crippen LogP contribution is -2.22. The minimum absolute atomic E-state index is 0.160. The Labute approximate surface area is 83.6 Å². The lowest BCUT2D eigenvalue weighted by molar-refractivity contribution is -0.0436. The Morgan fingerprint density at radius 3 is 2.53 bits per heavy atom. The van der Waals surface area contributed by atoms with Crippen LogP contribution in [0.5, 0.6) is 0 Å². The fourth-order valence-electron chi connectivity index (χ4n) is 0.872. The van der Waals surface area contributed by atoms with E-state index in [0.29, 0.717) is 6.20 Å². The molecule has 0 saturated heterocycles. The molecule has 0 fully saturated rings. The standard InChI is InChI=1S/C6H8F3N3O2S/c7-6(8,9)15(13,14)5-3-11-12(4-5)2-1-10/h3-4H,1-2,10H2. The average Bonchev–Trinajstić information content (AvgIpc) is 2.51. The van der Waals surface area contributed by atoms with Crippen molar-refractivity contribution in [3.05, 3.63) is 12.4 Å². The van der Waals surface area contributed by atoms with E-state index >= 15 is 0 Å². The van der Waals surface area contributed by atoms with Gasteiger partial charge in [-0.25, -0.2) is 8.42 Å². The largest absolute Gasteiger partial charge is 0.502 e. The SMILES string of the molecule is NCCn1cc(S(=O)(=O)C(F)(F)F)cn1. The lowest BCUT2D eigenvalue weighted by atomic mass is 10.6. The van der Waals surface area contributed by atoms with Crippen molar-refractivity contribution >= 4 is 9.84 Å². The van der Waals surface area contributed by atoms with Gasteiger partial charge in [0.2, 0.25) is 0 Å². The Hall–Kier alpha value is -1.09. The van der Waals surface area contributed by atoms with Gasteiger partial charge in [-0.05, 0) is 0 Å². The van der Waals surface area contributed by atoms with Crippen LogP contribution < -0.4 is 5.73 Å². The van der Waals surface area contributed by atoms with E-state index in [1.807, 2.05) is 0 Å². The molecule has 1 heterocycles. The fraction of sp³-hybridized carbons (Fsp3) is 0.500. The molecule has 0 saturated carbocycles. The molecule has 0 radical (unpaired) electrons. The summed E-state index contributed by atoms with van der Waals surface area (Å²) < 4.78 is 59.0.